The SMILES string of the molecule is CNC(CC(C)(C)OC)c1cc2cccc(F)c2o1. The minimum Gasteiger partial charge on any atom is -0.456 e. The summed E-state index contributed by atoms with van der Waals surface area (Å²) in [7, 11) is 3.55. The summed E-state index contributed by atoms with van der Waals surface area (Å²) in [5, 5.41) is 3.98. The lowest BCUT2D eigenvalue weighted by Gasteiger charge is -2.27. The number of methoxy groups -OCH3 is 1. The first-order valence-electron chi connectivity index (χ1n) is 6.37. The quantitative estimate of drug-likeness (QED) is 0.896. The molecule has 4 heteroatoms. The van der Waals surface area contributed by atoms with Crippen LogP contribution in [-0.4, -0.2) is 19.8 Å². The van der Waals surface area contributed by atoms with E-state index in [0.717, 1.165) is 17.6 Å². The van der Waals surface area contributed by atoms with Gasteiger partial charge in [0.05, 0.1) is 11.6 Å². The van der Waals surface area contributed by atoms with Crippen LogP contribution in [0.2, 0.25) is 0 Å². The van der Waals surface area contributed by atoms with E-state index in [4.69, 9.17) is 9.15 Å². The van der Waals surface area contributed by atoms with Gasteiger partial charge in [0.1, 0.15) is 5.76 Å². The molecule has 0 amide bonds. The molecule has 1 heterocycles. The molecule has 0 saturated carbocycles. The Balaban J connectivity index is 2.33. The summed E-state index contributed by atoms with van der Waals surface area (Å²) in [6, 6.07) is 6.81. The second kappa shape index (κ2) is 5.31. The fourth-order valence-electron chi connectivity index (χ4n) is 2.14. The molecule has 1 aromatic carbocycles. The molecule has 1 aromatic heterocycles. The van der Waals surface area contributed by atoms with Gasteiger partial charge in [0.2, 0.25) is 0 Å². The maximum Gasteiger partial charge on any atom is 0.169 e. The van der Waals surface area contributed by atoms with Gasteiger partial charge in [-0.25, -0.2) is 4.39 Å². The van der Waals surface area contributed by atoms with Gasteiger partial charge < -0.3 is 14.5 Å². The molecule has 0 aliphatic carbocycles. The second-order valence-corrected chi connectivity index (χ2v) is 5.32. The van der Waals surface area contributed by atoms with Crippen molar-refractivity contribution in [3.63, 3.8) is 0 Å². The highest BCUT2D eigenvalue weighted by Crippen LogP contribution is 2.30. The number of para-hydroxylation sites is 1. The van der Waals surface area contributed by atoms with Crippen LogP contribution in [0.4, 0.5) is 4.39 Å². The number of nitrogens with one attached hydrogen (secondary N) is 1. The molecule has 1 atom stereocenters. The van der Waals surface area contributed by atoms with E-state index in [9.17, 15) is 4.39 Å². The number of hydrogen-bond acceptors (Lipinski definition) is 3. The molecular weight excluding hydrogens is 245 g/mol. The van der Waals surface area contributed by atoms with Gasteiger partial charge in [0.15, 0.2) is 11.4 Å². The molecule has 3 nitrogen and oxygen atoms in total. The van der Waals surface area contributed by atoms with Crippen LogP contribution in [-0.2, 0) is 4.74 Å². The smallest absolute Gasteiger partial charge is 0.169 e. The van der Waals surface area contributed by atoms with Crippen molar-refractivity contribution in [3.05, 3.63) is 35.8 Å². The van der Waals surface area contributed by atoms with Gasteiger partial charge >= 0.3 is 0 Å². The highest BCUT2D eigenvalue weighted by atomic mass is 19.1. The number of hydrogen-bond donors (Lipinski definition) is 1. The molecule has 2 rings (SSSR count). The number of benzene rings is 1. The van der Waals surface area contributed by atoms with Crippen LogP contribution >= 0.6 is 0 Å². The van der Waals surface area contributed by atoms with E-state index in [1.807, 2.05) is 33.0 Å². The van der Waals surface area contributed by atoms with Gasteiger partial charge in [0, 0.05) is 12.5 Å². The van der Waals surface area contributed by atoms with Crippen molar-refractivity contribution in [3.8, 4) is 0 Å². The van der Waals surface area contributed by atoms with Gasteiger partial charge in [-0.15, -0.1) is 0 Å². The predicted molar refractivity (Wildman–Crippen MR) is 73.7 cm³/mol. The Hall–Kier alpha value is -1.39. The van der Waals surface area contributed by atoms with Gasteiger partial charge in [-0.2, -0.15) is 0 Å². The fourth-order valence-corrected chi connectivity index (χ4v) is 2.14. The van der Waals surface area contributed by atoms with Crippen LogP contribution < -0.4 is 5.32 Å². The fraction of sp³-hybridized carbons (Fsp3) is 0.467. The highest BCUT2D eigenvalue weighted by Gasteiger charge is 2.25. The maximum absolute atomic E-state index is 13.6. The number of rotatable bonds is 5. The average Bonchev–Trinajstić information content (AvgIpc) is 2.81. The van der Waals surface area contributed by atoms with Crippen molar-refractivity contribution in [2.75, 3.05) is 14.2 Å². The Morgan fingerprint density at radius 3 is 2.74 bits per heavy atom. The third-order valence-electron chi connectivity index (χ3n) is 3.46. The van der Waals surface area contributed by atoms with E-state index < -0.39 is 0 Å². The van der Waals surface area contributed by atoms with E-state index in [2.05, 4.69) is 5.32 Å². The molecule has 0 fully saturated rings. The lowest BCUT2D eigenvalue weighted by atomic mass is 9.97. The third-order valence-corrected chi connectivity index (χ3v) is 3.46. The molecular formula is C15H20FNO2. The molecule has 0 bridgehead atoms. The molecule has 19 heavy (non-hydrogen) atoms. The van der Waals surface area contributed by atoms with E-state index in [1.165, 1.54) is 6.07 Å². The van der Waals surface area contributed by atoms with E-state index in [-0.39, 0.29) is 17.5 Å². The summed E-state index contributed by atoms with van der Waals surface area (Å²) in [4.78, 5) is 0. The summed E-state index contributed by atoms with van der Waals surface area (Å²) in [6.07, 6.45) is 0.738. The maximum atomic E-state index is 13.6. The van der Waals surface area contributed by atoms with Crippen molar-refractivity contribution < 1.29 is 13.5 Å². The molecule has 2 aromatic rings. The summed E-state index contributed by atoms with van der Waals surface area (Å²) < 4.78 is 24.7. The van der Waals surface area contributed by atoms with Crippen molar-refractivity contribution in [1.29, 1.82) is 0 Å². The summed E-state index contributed by atoms with van der Waals surface area (Å²) in [5.41, 5.74) is 0.0403. The highest BCUT2D eigenvalue weighted by molar-refractivity contribution is 5.78. The van der Waals surface area contributed by atoms with Crippen LogP contribution in [0.1, 0.15) is 32.1 Å². The van der Waals surface area contributed by atoms with E-state index in [0.29, 0.717) is 5.58 Å². The first-order valence-corrected chi connectivity index (χ1v) is 6.37. The normalized spacial score (nSPS) is 13.9. The van der Waals surface area contributed by atoms with E-state index in [1.54, 1.807) is 13.2 Å². The van der Waals surface area contributed by atoms with E-state index >= 15 is 0 Å². The first kappa shape index (κ1) is 14.0. The molecule has 1 N–H and O–H groups in total. The Morgan fingerprint density at radius 2 is 2.16 bits per heavy atom. The number of ether oxygens (including phenoxy) is 1. The zero-order chi connectivity index (χ0) is 14.0. The van der Waals surface area contributed by atoms with Crippen LogP contribution in [0.25, 0.3) is 11.0 Å². The third kappa shape index (κ3) is 2.96. The lowest BCUT2D eigenvalue weighted by Crippen LogP contribution is -2.30. The number of fused-ring (bicyclic) bond motifs is 1. The zero-order valence-electron chi connectivity index (χ0n) is 11.8. The molecule has 0 aliphatic heterocycles. The molecule has 0 saturated heterocycles. The minimum atomic E-state index is -0.329. The lowest BCUT2D eigenvalue weighted by molar-refractivity contribution is 0.00580. The van der Waals surface area contributed by atoms with Gasteiger partial charge in [-0.3, -0.25) is 0 Å². The second-order valence-electron chi connectivity index (χ2n) is 5.32. The van der Waals surface area contributed by atoms with Gasteiger partial charge in [0.25, 0.3) is 0 Å². The summed E-state index contributed by atoms with van der Waals surface area (Å²) >= 11 is 0. The average molecular weight is 265 g/mol. The van der Waals surface area contributed by atoms with Crippen LogP contribution in [0.5, 0.6) is 0 Å². The molecule has 0 aliphatic rings. The molecule has 1 unspecified atom stereocenters. The Morgan fingerprint density at radius 1 is 1.42 bits per heavy atom. The number of halogens is 1. The van der Waals surface area contributed by atoms with Gasteiger partial charge in [-0.05, 0) is 39.4 Å². The Kier molecular flexibility index (Phi) is 3.92. The van der Waals surface area contributed by atoms with Crippen molar-refractivity contribution in [2.24, 2.45) is 0 Å². The minimum absolute atomic E-state index is 0.0123. The Labute approximate surface area is 112 Å². The zero-order valence-corrected chi connectivity index (χ0v) is 11.8. The summed E-state index contributed by atoms with van der Waals surface area (Å²) in [6.45, 7) is 4.03. The monoisotopic (exact) mass is 265 g/mol. The Bertz CT molecular complexity index is 562. The van der Waals surface area contributed by atoms with Crippen LogP contribution in [0, 0.1) is 5.82 Å². The largest absolute Gasteiger partial charge is 0.456 e. The van der Waals surface area contributed by atoms with Crippen molar-refractivity contribution in [2.45, 2.75) is 31.9 Å². The van der Waals surface area contributed by atoms with Crippen LogP contribution in [0.15, 0.2) is 28.7 Å². The molecule has 0 radical (unpaired) electrons. The van der Waals surface area contributed by atoms with Crippen LogP contribution in [0.3, 0.4) is 0 Å². The topological polar surface area (TPSA) is 34.4 Å². The predicted octanol–water partition coefficient (Wildman–Crippen LogP) is 3.65. The van der Waals surface area contributed by atoms with Crippen molar-refractivity contribution in [1.82, 2.24) is 5.32 Å². The molecule has 0 spiro atoms. The standard InChI is InChI=1S/C15H20FNO2/c1-15(2,18-4)9-12(17-3)13-8-10-6-5-7-11(16)14(10)19-13/h5-8,12,17H,9H2,1-4H3. The molecule has 104 valence electrons. The van der Waals surface area contributed by atoms with Crippen molar-refractivity contribution >= 4 is 11.0 Å². The number of furan rings is 1. The van der Waals surface area contributed by atoms with Gasteiger partial charge in [-0.1, -0.05) is 12.1 Å². The summed E-state index contributed by atoms with van der Waals surface area (Å²) in [5.74, 6) is 0.400. The first-order chi connectivity index (χ1) is 8.96.